The van der Waals surface area contributed by atoms with Gasteiger partial charge in [0.05, 0.1) is 12.0 Å². The predicted molar refractivity (Wildman–Crippen MR) is 87.6 cm³/mol. The smallest absolute Gasteiger partial charge is 0.240 e. The fourth-order valence-corrected chi connectivity index (χ4v) is 3.90. The first-order valence-electron chi connectivity index (χ1n) is 7.80. The zero-order valence-electron chi connectivity index (χ0n) is 13.6. The predicted octanol–water partition coefficient (Wildman–Crippen LogP) is 2.09. The number of nitrogens with zero attached hydrogens (tertiary/aromatic N) is 1. The summed E-state index contributed by atoms with van der Waals surface area (Å²) in [5.41, 5.74) is 0. The molecule has 0 aromatic heterocycles. The first-order chi connectivity index (χ1) is 10.4. The Hall–Kier alpha value is -1.11. The molecule has 5 nitrogen and oxygen atoms in total. The quantitative estimate of drug-likeness (QED) is 0.870. The van der Waals surface area contributed by atoms with Gasteiger partial charge in [-0.15, -0.1) is 0 Å². The minimum atomic E-state index is -3.47. The first kappa shape index (κ1) is 17.2. The van der Waals surface area contributed by atoms with Crippen LogP contribution in [0.2, 0.25) is 0 Å². The minimum Gasteiger partial charge on any atom is -0.497 e. The van der Waals surface area contributed by atoms with Crippen LogP contribution in [0, 0.1) is 5.92 Å². The number of piperidine rings is 1. The van der Waals surface area contributed by atoms with Gasteiger partial charge in [0.1, 0.15) is 5.75 Å². The van der Waals surface area contributed by atoms with E-state index in [0.717, 1.165) is 25.9 Å². The Morgan fingerprint density at radius 3 is 2.59 bits per heavy atom. The number of likely N-dealkylation sites (tertiary alicyclic amines) is 1. The van der Waals surface area contributed by atoms with E-state index in [0.29, 0.717) is 24.3 Å². The Morgan fingerprint density at radius 1 is 1.32 bits per heavy atom. The number of ether oxygens (including phenoxy) is 1. The maximum Gasteiger partial charge on any atom is 0.240 e. The van der Waals surface area contributed by atoms with Crippen LogP contribution in [0.5, 0.6) is 5.75 Å². The fraction of sp³-hybridized carbons (Fsp3) is 0.625. The van der Waals surface area contributed by atoms with E-state index >= 15 is 0 Å². The fourth-order valence-electron chi connectivity index (χ4n) is 2.75. The molecule has 22 heavy (non-hydrogen) atoms. The minimum absolute atomic E-state index is 0.256. The van der Waals surface area contributed by atoms with E-state index in [1.54, 1.807) is 24.3 Å². The number of rotatable bonds is 6. The summed E-state index contributed by atoms with van der Waals surface area (Å²) in [4.78, 5) is 2.69. The van der Waals surface area contributed by atoms with Gasteiger partial charge in [0.25, 0.3) is 0 Å². The van der Waals surface area contributed by atoms with Crippen molar-refractivity contribution < 1.29 is 13.2 Å². The SMILES string of the molecule is COc1cccc(S(=O)(=O)NCC2CCN(C(C)C)CC2)c1. The van der Waals surface area contributed by atoms with E-state index < -0.39 is 10.0 Å². The van der Waals surface area contributed by atoms with Crippen LogP contribution in [0.4, 0.5) is 0 Å². The Morgan fingerprint density at radius 2 is 2.00 bits per heavy atom. The van der Waals surface area contributed by atoms with Crippen LogP contribution >= 0.6 is 0 Å². The molecule has 0 radical (unpaired) electrons. The van der Waals surface area contributed by atoms with Crippen LogP contribution in [0.25, 0.3) is 0 Å². The lowest BCUT2D eigenvalue weighted by atomic mass is 9.96. The average molecular weight is 326 g/mol. The summed E-state index contributed by atoms with van der Waals surface area (Å²) in [5.74, 6) is 0.962. The van der Waals surface area contributed by atoms with Crippen LogP contribution in [-0.2, 0) is 10.0 Å². The van der Waals surface area contributed by atoms with Crippen LogP contribution in [0.15, 0.2) is 29.2 Å². The van der Waals surface area contributed by atoms with Crippen molar-refractivity contribution in [3.63, 3.8) is 0 Å². The van der Waals surface area contributed by atoms with E-state index in [2.05, 4.69) is 23.5 Å². The lowest BCUT2D eigenvalue weighted by Gasteiger charge is -2.34. The molecule has 0 atom stereocenters. The number of methoxy groups -OCH3 is 1. The average Bonchev–Trinajstić information content (AvgIpc) is 2.53. The van der Waals surface area contributed by atoms with Crippen molar-refractivity contribution in [2.24, 2.45) is 5.92 Å². The molecule has 124 valence electrons. The normalized spacial score (nSPS) is 17.8. The van der Waals surface area contributed by atoms with Gasteiger partial charge in [-0.2, -0.15) is 0 Å². The molecule has 1 aliphatic rings. The molecular formula is C16H26N2O3S. The van der Waals surface area contributed by atoms with Crippen LogP contribution in [0.1, 0.15) is 26.7 Å². The van der Waals surface area contributed by atoms with Gasteiger partial charge in [0.2, 0.25) is 10.0 Å². The molecule has 0 unspecified atom stereocenters. The lowest BCUT2D eigenvalue weighted by Crippen LogP contribution is -2.41. The van der Waals surface area contributed by atoms with Crippen molar-refractivity contribution in [3.8, 4) is 5.75 Å². The third-order valence-electron chi connectivity index (χ3n) is 4.29. The maximum atomic E-state index is 12.3. The standard InChI is InChI=1S/C16H26N2O3S/c1-13(2)18-9-7-14(8-10-18)12-17-22(19,20)16-6-4-5-15(11-16)21-3/h4-6,11,13-14,17H,7-10,12H2,1-3H3. The zero-order chi connectivity index (χ0) is 16.2. The Balaban J connectivity index is 1.90. The van der Waals surface area contributed by atoms with Crippen molar-refractivity contribution in [2.45, 2.75) is 37.6 Å². The number of sulfonamides is 1. The molecule has 1 aromatic rings. The molecule has 1 N–H and O–H groups in total. The second-order valence-corrected chi connectivity index (χ2v) is 7.87. The van der Waals surface area contributed by atoms with Crippen LogP contribution < -0.4 is 9.46 Å². The van der Waals surface area contributed by atoms with Gasteiger partial charge < -0.3 is 9.64 Å². The molecule has 1 fully saturated rings. The highest BCUT2D eigenvalue weighted by Gasteiger charge is 2.23. The molecule has 0 spiro atoms. The van der Waals surface area contributed by atoms with Gasteiger partial charge in [-0.1, -0.05) is 6.07 Å². The summed E-state index contributed by atoms with van der Waals surface area (Å²) >= 11 is 0. The zero-order valence-corrected chi connectivity index (χ0v) is 14.4. The Bertz CT molecular complexity index is 579. The lowest BCUT2D eigenvalue weighted by molar-refractivity contribution is 0.151. The second kappa shape index (κ2) is 7.44. The molecule has 1 heterocycles. The van der Waals surface area contributed by atoms with Crippen LogP contribution in [0.3, 0.4) is 0 Å². The molecule has 0 bridgehead atoms. The summed E-state index contributed by atoms with van der Waals surface area (Å²) in [6.45, 7) is 7.00. The summed E-state index contributed by atoms with van der Waals surface area (Å²) in [5, 5.41) is 0. The Kier molecular flexibility index (Phi) is 5.83. The van der Waals surface area contributed by atoms with Crippen molar-refractivity contribution in [1.82, 2.24) is 9.62 Å². The van der Waals surface area contributed by atoms with Gasteiger partial charge in [-0.05, 0) is 57.8 Å². The summed E-state index contributed by atoms with van der Waals surface area (Å²) in [6, 6.07) is 7.12. The number of hydrogen-bond acceptors (Lipinski definition) is 4. The highest BCUT2D eigenvalue weighted by Crippen LogP contribution is 2.20. The van der Waals surface area contributed by atoms with Crippen LogP contribution in [-0.4, -0.2) is 46.1 Å². The van der Waals surface area contributed by atoms with Crippen molar-refractivity contribution in [3.05, 3.63) is 24.3 Å². The number of nitrogens with one attached hydrogen (secondary N) is 1. The van der Waals surface area contributed by atoms with Crippen molar-refractivity contribution >= 4 is 10.0 Å². The Labute approximate surface area is 133 Å². The molecule has 6 heteroatoms. The number of benzene rings is 1. The summed E-state index contributed by atoms with van der Waals surface area (Å²) in [7, 11) is -1.94. The largest absolute Gasteiger partial charge is 0.497 e. The van der Waals surface area contributed by atoms with Gasteiger partial charge in [-0.3, -0.25) is 0 Å². The van der Waals surface area contributed by atoms with Crippen molar-refractivity contribution in [2.75, 3.05) is 26.7 Å². The van der Waals surface area contributed by atoms with Crippen molar-refractivity contribution in [1.29, 1.82) is 0 Å². The molecule has 0 saturated carbocycles. The highest BCUT2D eigenvalue weighted by molar-refractivity contribution is 7.89. The van der Waals surface area contributed by atoms with Gasteiger partial charge in [0.15, 0.2) is 0 Å². The molecule has 2 rings (SSSR count). The van der Waals surface area contributed by atoms with Gasteiger partial charge >= 0.3 is 0 Å². The maximum absolute atomic E-state index is 12.3. The third-order valence-corrected chi connectivity index (χ3v) is 5.71. The summed E-state index contributed by atoms with van der Waals surface area (Å²) < 4.78 is 32.5. The van der Waals surface area contributed by atoms with E-state index in [9.17, 15) is 8.42 Å². The summed E-state index contributed by atoms with van der Waals surface area (Å²) in [6.07, 6.45) is 2.08. The molecule has 1 saturated heterocycles. The van der Waals surface area contributed by atoms with E-state index in [4.69, 9.17) is 4.74 Å². The molecule has 0 amide bonds. The molecular weight excluding hydrogens is 300 g/mol. The second-order valence-electron chi connectivity index (χ2n) is 6.10. The van der Waals surface area contributed by atoms with E-state index in [1.807, 2.05) is 0 Å². The van der Waals surface area contributed by atoms with Gasteiger partial charge in [0, 0.05) is 18.7 Å². The van der Waals surface area contributed by atoms with E-state index in [1.165, 1.54) is 7.11 Å². The van der Waals surface area contributed by atoms with E-state index in [-0.39, 0.29) is 4.90 Å². The third kappa shape index (κ3) is 4.44. The molecule has 1 aromatic carbocycles. The molecule has 1 aliphatic heterocycles. The van der Waals surface area contributed by atoms with Gasteiger partial charge in [-0.25, -0.2) is 13.1 Å². The first-order valence-corrected chi connectivity index (χ1v) is 9.28. The molecule has 0 aliphatic carbocycles. The number of hydrogen-bond donors (Lipinski definition) is 1. The topological polar surface area (TPSA) is 58.6 Å². The highest BCUT2D eigenvalue weighted by atomic mass is 32.2. The monoisotopic (exact) mass is 326 g/mol.